The molecule has 0 fully saturated rings. The minimum absolute atomic E-state index is 0.301. The van der Waals surface area contributed by atoms with Crippen molar-refractivity contribution in [3.8, 4) is 0 Å². The number of hydrogen-bond donors (Lipinski definition) is 1. The first-order valence-corrected chi connectivity index (χ1v) is 4.98. The first-order valence-electron chi connectivity index (χ1n) is 3.84. The number of aromatic nitrogens is 4. The van der Waals surface area contributed by atoms with Crippen LogP contribution in [0.2, 0.25) is 0 Å². The molecule has 0 atom stereocenters. The Morgan fingerprint density at radius 3 is 2.00 bits per heavy atom. The molecule has 13 heteroatoms. The van der Waals surface area contributed by atoms with Crippen molar-refractivity contribution in [1.29, 1.82) is 0 Å². The molecule has 0 amide bonds. The van der Waals surface area contributed by atoms with Crippen LogP contribution in [0.1, 0.15) is 0 Å². The average molecular weight is 321 g/mol. The van der Waals surface area contributed by atoms with E-state index < -0.39 is 16.3 Å². The zero-order chi connectivity index (χ0) is 13.7. The molecule has 0 aliphatic carbocycles. The Labute approximate surface area is 113 Å². The van der Waals surface area contributed by atoms with Gasteiger partial charge in [0.2, 0.25) is 0 Å². The molecule has 0 aliphatic heterocycles. The van der Waals surface area contributed by atoms with Gasteiger partial charge in [-0.3, -0.25) is 14.8 Å². The van der Waals surface area contributed by atoms with E-state index in [1.807, 2.05) is 0 Å². The standard InChI is InChI=1S/C5H3Cl3N4O6/c6-3(13)16-10-2-1-9-11(17-4(7)14)12(10)18-5(8)15/h1-2,9H. The van der Waals surface area contributed by atoms with E-state index in [-0.39, 0.29) is 0 Å². The highest BCUT2D eigenvalue weighted by molar-refractivity contribution is 6.61. The first kappa shape index (κ1) is 14.3. The molecule has 1 rings (SSSR count). The van der Waals surface area contributed by atoms with E-state index in [0.717, 1.165) is 12.4 Å². The van der Waals surface area contributed by atoms with Crippen LogP contribution in [-0.2, 0) is 0 Å². The molecular weight excluding hydrogens is 318 g/mol. The number of carbonyl (C=O) groups is 3. The maximum absolute atomic E-state index is 10.6. The van der Waals surface area contributed by atoms with Gasteiger partial charge < -0.3 is 4.84 Å². The lowest BCUT2D eigenvalue weighted by molar-refractivity contribution is -0.0888. The summed E-state index contributed by atoms with van der Waals surface area (Å²) in [5.74, 6) is 0. The van der Waals surface area contributed by atoms with Crippen LogP contribution in [0.3, 0.4) is 0 Å². The summed E-state index contributed by atoms with van der Waals surface area (Å²) in [4.78, 5) is 45.9. The Hall–Kier alpha value is -1.78. The highest BCUT2D eigenvalue weighted by atomic mass is 35.5. The Kier molecular flexibility index (Phi) is 4.95. The van der Waals surface area contributed by atoms with Crippen LogP contribution in [0.5, 0.6) is 0 Å². The normalized spacial score (nSPS) is 9.50. The maximum atomic E-state index is 10.6. The largest absolute Gasteiger partial charge is 0.431 e. The Bertz CT molecular complexity index is 476. The monoisotopic (exact) mass is 320 g/mol. The molecule has 0 bridgehead atoms. The van der Waals surface area contributed by atoms with Gasteiger partial charge in [0.25, 0.3) is 0 Å². The fourth-order valence-electron chi connectivity index (χ4n) is 0.757. The molecule has 1 aromatic rings. The molecular formula is C5H3Cl3N4O6. The number of carbonyl (C=O) groups excluding carboxylic acids is 3. The quantitative estimate of drug-likeness (QED) is 0.654. The summed E-state index contributed by atoms with van der Waals surface area (Å²) in [5, 5.41) is 2.25. The van der Waals surface area contributed by atoms with Crippen molar-refractivity contribution < 1.29 is 28.9 Å². The second-order valence-electron chi connectivity index (χ2n) is 2.26. The van der Waals surface area contributed by atoms with Gasteiger partial charge in [-0.1, -0.05) is 4.85 Å². The number of halogens is 3. The summed E-state index contributed by atoms with van der Waals surface area (Å²) in [6.45, 7) is 0. The van der Waals surface area contributed by atoms with Crippen LogP contribution in [0.15, 0.2) is 12.4 Å². The number of nitrogens with zero attached hydrogens (tertiary/aromatic N) is 3. The summed E-state index contributed by atoms with van der Waals surface area (Å²) < 4.78 is 0. The third-order valence-corrected chi connectivity index (χ3v) is 1.40. The molecule has 0 saturated carbocycles. The molecule has 0 aromatic carbocycles. The first-order chi connectivity index (χ1) is 8.40. The van der Waals surface area contributed by atoms with Gasteiger partial charge in [-0.15, -0.1) is 0 Å². The van der Waals surface area contributed by atoms with Gasteiger partial charge in [0, 0.05) is 50.9 Å². The van der Waals surface area contributed by atoms with Crippen molar-refractivity contribution in [2.75, 3.05) is 0 Å². The number of aromatic amines is 1. The summed E-state index contributed by atoms with van der Waals surface area (Å²) in [7, 11) is 0. The van der Waals surface area contributed by atoms with Gasteiger partial charge in [0.15, 0.2) is 0 Å². The van der Waals surface area contributed by atoms with Crippen LogP contribution < -0.4 is 14.5 Å². The van der Waals surface area contributed by atoms with Crippen LogP contribution >= 0.6 is 34.8 Å². The van der Waals surface area contributed by atoms with E-state index in [4.69, 9.17) is 34.8 Å². The predicted molar refractivity (Wildman–Crippen MR) is 55.9 cm³/mol. The van der Waals surface area contributed by atoms with Gasteiger partial charge in [0.05, 0.1) is 6.20 Å². The van der Waals surface area contributed by atoms with Gasteiger partial charge >= 0.3 is 16.3 Å². The van der Waals surface area contributed by atoms with E-state index in [2.05, 4.69) is 19.6 Å². The van der Waals surface area contributed by atoms with Crippen LogP contribution in [0.25, 0.3) is 0 Å². The van der Waals surface area contributed by atoms with Crippen molar-refractivity contribution in [3.05, 3.63) is 12.4 Å². The molecule has 0 unspecified atom stereocenters. The van der Waals surface area contributed by atoms with Crippen molar-refractivity contribution >= 4 is 51.1 Å². The molecule has 0 saturated heterocycles. The number of rotatable bonds is 3. The smallest absolute Gasteiger partial charge is 0.301 e. The Balaban J connectivity index is 3.19. The SMILES string of the molecule is O=C(Cl)On1cc[nH]n(OC(=O)Cl)n1OC(=O)Cl. The molecule has 0 aliphatic rings. The van der Waals surface area contributed by atoms with E-state index in [0.29, 0.717) is 14.8 Å². The van der Waals surface area contributed by atoms with Gasteiger partial charge in [-0.25, -0.2) is 14.4 Å². The van der Waals surface area contributed by atoms with Gasteiger partial charge in [-0.05, 0) is 0 Å². The molecule has 1 heterocycles. The molecule has 10 nitrogen and oxygen atoms in total. The van der Waals surface area contributed by atoms with Gasteiger partial charge in [-0.2, -0.15) is 0 Å². The number of hydrogen-bond acceptors (Lipinski definition) is 6. The van der Waals surface area contributed by atoms with Crippen molar-refractivity contribution in [2.45, 2.75) is 0 Å². The molecule has 1 N–H and O–H groups in total. The molecule has 0 spiro atoms. The lowest BCUT2D eigenvalue weighted by Crippen LogP contribution is -2.41. The van der Waals surface area contributed by atoms with Crippen molar-refractivity contribution in [3.63, 3.8) is 0 Å². The predicted octanol–water partition coefficient (Wildman–Crippen LogP) is 0.906. The maximum Gasteiger partial charge on any atom is 0.431 e. The topological polar surface area (TPSA) is 109 Å². The van der Waals surface area contributed by atoms with E-state index in [1.165, 1.54) is 0 Å². The summed E-state index contributed by atoms with van der Waals surface area (Å²) in [6.07, 6.45) is 2.16. The zero-order valence-corrected chi connectivity index (χ0v) is 10.3. The number of nitrogens with one attached hydrogen (secondary N) is 1. The van der Waals surface area contributed by atoms with Gasteiger partial charge in [0.1, 0.15) is 0 Å². The highest BCUT2D eigenvalue weighted by Gasteiger charge is 2.13. The second kappa shape index (κ2) is 6.23. The molecule has 18 heavy (non-hydrogen) atoms. The average Bonchev–Trinajstić information content (AvgIpc) is 2.20. The summed E-state index contributed by atoms with van der Waals surface area (Å²) in [6, 6.07) is 0. The van der Waals surface area contributed by atoms with E-state index >= 15 is 0 Å². The van der Waals surface area contributed by atoms with Crippen LogP contribution in [-0.4, -0.2) is 36.1 Å². The second-order valence-corrected chi connectivity index (χ2v) is 3.19. The fraction of sp³-hybridized carbons (Fsp3) is 0. The lowest BCUT2D eigenvalue weighted by atomic mass is 10.9. The Morgan fingerprint density at radius 1 is 0.944 bits per heavy atom. The molecule has 100 valence electrons. The summed E-state index contributed by atoms with van der Waals surface area (Å²) >= 11 is 14.9. The molecule has 1 aromatic heterocycles. The summed E-state index contributed by atoms with van der Waals surface area (Å²) in [5.41, 5.74) is -3.89. The molecule has 0 radical (unpaired) electrons. The number of H-pyrrole nitrogens is 1. The van der Waals surface area contributed by atoms with Crippen LogP contribution in [0.4, 0.5) is 14.4 Å². The highest BCUT2D eigenvalue weighted by Crippen LogP contribution is 1.92. The fourth-order valence-corrected chi connectivity index (χ4v) is 0.955. The third kappa shape index (κ3) is 4.24. The van der Waals surface area contributed by atoms with Crippen LogP contribution in [0, 0.1) is 0 Å². The minimum Gasteiger partial charge on any atom is -0.301 e. The van der Waals surface area contributed by atoms with Crippen molar-refractivity contribution in [2.24, 2.45) is 0 Å². The lowest BCUT2D eigenvalue weighted by Gasteiger charge is -2.15. The third-order valence-electron chi connectivity index (χ3n) is 1.19. The minimum atomic E-state index is -1.33. The van der Waals surface area contributed by atoms with Crippen molar-refractivity contribution in [1.82, 2.24) is 19.9 Å². The van der Waals surface area contributed by atoms with E-state index in [9.17, 15) is 14.4 Å². The van der Waals surface area contributed by atoms with E-state index in [1.54, 1.807) is 0 Å². The zero-order valence-electron chi connectivity index (χ0n) is 8.08. The Morgan fingerprint density at radius 2 is 1.50 bits per heavy atom.